The Morgan fingerprint density at radius 3 is 2.75 bits per heavy atom. The maximum absolute atomic E-state index is 12.8. The largest absolute Gasteiger partial charge is 0.315 e. The number of rotatable bonds is 2. The van der Waals surface area contributed by atoms with Crippen LogP contribution in [0.3, 0.4) is 0 Å². The number of amides is 2. The lowest BCUT2D eigenvalue weighted by molar-refractivity contribution is -0.127. The molecule has 1 fully saturated rings. The summed E-state index contributed by atoms with van der Waals surface area (Å²) in [6, 6.07) is 7.02. The number of hydrogen-bond donors (Lipinski definition) is 0. The van der Waals surface area contributed by atoms with Gasteiger partial charge >= 0.3 is 0 Å². The lowest BCUT2D eigenvalue weighted by atomic mass is 9.68. The number of carbonyl (C=O) groups excluding carboxylic acids is 3. The van der Waals surface area contributed by atoms with Crippen LogP contribution in [0, 0.1) is 0 Å². The van der Waals surface area contributed by atoms with E-state index < -0.39 is 11.5 Å². The van der Waals surface area contributed by atoms with Crippen LogP contribution in [0.25, 0.3) is 0 Å². The van der Waals surface area contributed by atoms with Crippen LogP contribution in [0.1, 0.15) is 38.7 Å². The number of nitrogens with zero attached hydrogens (tertiary/aromatic N) is 2. The minimum absolute atomic E-state index is 0.0105. The molecule has 4 rings (SSSR count). The Labute approximate surface area is 140 Å². The molecule has 0 radical (unpaired) electrons. The van der Waals surface area contributed by atoms with Crippen molar-refractivity contribution in [3.8, 4) is 0 Å². The predicted molar refractivity (Wildman–Crippen MR) is 89.4 cm³/mol. The first-order chi connectivity index (χ1) is 11.5. The second kappa shape index (κ2) is 5.03. The van der Waals surface area contributed by atoms with Crippen molar-refractivity contribution >= 4 is 23.3 Å². The van der Waals surface area contributed by atoms with Crippen molar-refractivity contribution in [2.75, 3.05) is 11.4 Å². The smallest absolute Gasteiger partial charge is 0.228 e. The third kappa shape index (κ3) is 1.67. The van der Waals surface area contributed by atoms with E-state index >= 15 is 0 Å². The Morgan fingerprint density at radius 1 is 1.29 bits per heavy atom. The summed E-state index contributed by atoms with van der Waals surface area (Å²) in [5.41, 5.74) is 1.90. The zero-order chi connectivity index (χ0) is 17.1. The summed E-state index contributed by atoms with van der Waals surface area (Å²) in [5, 5.41) is 0. The number of benzene rings is 1. The summed E-state index contributed by atoms with van der Waals surface area (Å²) in [5.74, 6) is -0.0976. The standard InChI is InChI=1S/C19H20N2O3/c1-3-10-20-16-9-8-15(23)18-19(16,11-17(20)24)13-6-4-5-7-14(13)21(18)12(2)22/h4-7,9,18H,3,8,10-11H2,1-2H3/t18-,19+/m0/s1. The normalized spacial score (nSPS) is 27.8. The Bertz CT molecular complexity index is 798. The van der Waals surface area contributed by atoms with E-state index in [9.17, 15) is 14.4 Å². The number of allylic oxidation sites excluding steroid dienone is 1. The molecule has 0 saturated carbocycles. The highest BCUT2D eigenvalue weighted by Gasteiger charge is 2.64. The number of para-hydroxylation sites is 1. The number of ketones is 1. The Morgan fingerprint density at radius 2 is 2.04 bits per heavy atom. The lowest BCUT2D eigenvalue weighted by Gasteiger charge is -2.38. The summed E-state index contributed by atoms with van der Waals surface area (Å²) in [6.45, 7) is 4.17. The van der Waals surface area contributed by atoms with Crippen LogP contribution in [0.2, 0.25) is 0 Å². The van der Waals surface area contributed by atoms with E-state index in [1.54, 1.807) is 4.90 Å². The van der Waals surface area contributed by atoms with Crippen LogP contribution >= 0.6 is 0 Å². The molecule has 0 unspecified atom stereocenters. The minimum Gasteiger partial charge on any atom is -0.315 e. The van der Waals surface area contributed by atoms with Gasteiger partial charge in [0.1, 0.15) is 6.04 Å². The quantitative estimate of drug-likeness (QED) is 0.837. The topological polar surface area (TPSA) is 57.7 Å². The van der Waals surface area contributed by atoms with E-state index in [0.29, 0.717) is 6.54 Å². The molecule has 0 N–H and O–H groups in total. The van der Waals surface area contributed by atoms with Gasteiger partial charge in [0.15, 0.2) is 5.78 Å². The molecule has 2 amide bonds. The fourth-order valence-electron chi connectivity index (χ4n) is 4.68. The van der Waals surface area contributed by atoms with Gasteiger partial charge in [0.25, 0.3) is 0 Å². The molecule has 5 heteroatoms. The van der Waals surface area contributed by atoms with Crippen molar-refractivity contribution in [2.45, 2.75) is 44.6 Å². The highest BCUT2D eigenvalue weighted by atomic mass is 16.2. The molecule has 1 spiro atoms. The summed E-state index contributed by atoms with van der Waals surface area (Å²) >= 11 is 0. The van der Waals surface area contributed by atoms with Crippen molar-refractivity contribution in [3.05, 3.63) is 41.6 Å². The number of likely N-dealkylation sites (tertiary alicyclic amines) is 1. The van der Waals surface area contributed by atoms with Gasteiger partial charge in [-0.25, -0.2) is 0 Å². The van der Waals surface area contributed by atoms with Crippen LogP contribution in [0.5, 0.6) is 0 Å². The first-order valence-corrected chi connectivity index (χ1v) is 8.45. The molecular weight excluding hydrogens is 304 g/mol. The first-order valence-electron chi connectivity index (χ1n) is 8.45. The van der Waals surface area contributed by atoms with Crippen molar-refractivity contribution in [3.63, 3.8) is 0 Å². The monoisotopic (exact) mass is 324 g/mol. The van der Waals surface area contributed by atoms with E-state index in [4.69, 9.17) is 0 Å². The van der Waals surface area contributed by atoms with E-state index in [-0.39, 0.29) is 30.4 Å². The summed E-state index contributed by atoms with van der Waals surface area (Å²) in [7, 11) is 0. The molecule has 2 aliphatic heterocycles. The van der Waals surface area contributed by atoms with Crippen LogP contribution < -0.4 is 4.90 Å². The van der Waals surface area contributed by atoms with Crippen LogP contribution in [0.15, 0.2) is 36.0 Å². The van der Waals surface area contributed by atoms with Gasteiger partial charge in [-0.1, -0.05) is 31.2 Å². The minimum atomic E-state index is -0.705. The van der Waals surface area contributed by atoms with E-state index in [1.165, 1.54) is 6.92 Å². The molecule has 1 aromatic carbocycles. The van der Waals surface area contributed by atoms with E-state index in [2.05, 4.69) is 0 Å². The van der Waals surface area contributed by atoms with Gasteiger partial charge in [-0.15, -0.1) is 0 Å². The number of hydrogen-bond acceptors (Lipinski definition) is 3. The molecule has 0 aromatic heterocycles. The second-order valence-corrected chi connectivity index (χ2v) is 6.76. The fourth-order valence-corrected chi connectivity index (χ4v) is 4.68. The van der Waals surface area contributed by atoms with Gasteiger partial charge in [0.05, 0.1) is 5.41 Å². The molecule has 124 valence electrons. The number of anilines is 1. The van der Waals surface area contributed by atoms with E-state index in [1.807, 2.05) is 42.2 Å². The third-order valence-corrected chi connectivity index (χ3v) is 5.44. The van der Waals surface area contributed by atoms with Crippen LogP contribution in [0.4, 0.5) is 5.69 Å². The molecule has 24 heavy (non-hydrogen) atoms. The molecule has 2 atom stereocenters. The SMILES string of the molecule is CCCN1C(=O)C[C@@]23C1=CCC(=O)[C@@H]2N(C(C)=O)c1ccccc13. The Balaban J connectivity index is 1.99. The average Bonchev–Trinajstić information content (AvgIpc) is 3.01. The highest BCUT2D eigenvalue weighted by Crippen LogP contribution is 2.57. The highest BCUT2D eigenvalue weighted by molar-refractivity contribution is 6.08. The van der Waals surface area contributed by atoms with Crippen molar-refractivity contribution in [1.82, 2.24) is 4.90 Å². The van der Waals surface area contributed by atoms with Gasteiger partial charge in [-0.3, -0.25) is 14.4 Å². The lowest BCUT2D eigenvalue weighted by Crippen LogP contribution is -2.53. The second-order valence-electron chi connectivity index (χ2n) is 6.76. The molecule has 2 heterocycles. The molecule has 0 bridgehead atoms. The number of Topliss-reactive ketones (excluding diaryl/α,β-unsaturated/α-hetero) is 1. The Hall–Kier alpha value is -2.43. The predicted octanol–water partition coefficient (Wildman–Crippen LogP) is 2.16. The zero-order valence-corrected chi connectivity index (χ0v) is 13.9. The van der Waals surface area contributed by atoms with Gasteiger partial charge < -0.3 is 9.80 Å². The van der Waals surface area contributed by atoms with Gasteiger partial charge in [-0.05, 0) is 18.1 Å². The molecular formula is C19H20N2O3. The summed E-state index contributed by atoms with van der Waals surface area (Å²) in [4.78, 5) is 41.3. The third-order valence-electron chi connectivity index (χ3n) is 5.44. The maximum Gasteiger partial charge on any atom is 0.228 e. The first kappa shape index (κ1) is 15.1. The number of carbonyl (C=O) groups is 3. The van der Waals surface area contributed by atoms with Crippen molar-refractivity contribution in [2.24, 2.45) is 0 Å². The van der Waals surface area contributed by atoms with E-state index in [0.717, 1.165) is 23.4 Å². The average molecular weight is 324 g/mol. The number of fused-ring (bicyclic) bond motifs is 1. The molecule has 3 aliphatic rings. The molecule has 1 aliphatic carbocycles. The maximum atomic E-state index is 12.8. The van der Waals surface area contributed by atoms with Gasteiger partial charge in [0, 0.05) is 37.7 Å². The molecule has 1 saturated heterocycles. The Kier molecular flexibility index (Phi) is 3.17. The van der Waals surface area contributed by atoms with Crippen LogP contribution in [-0.4, -0.2) is 35.1 Å². The molecule has 1 aromatic rings. The summed E-state index contributed by atoms with van der Waals surface area (Å²) in [6.07, 6.45) is 3.29. The zero-order valence-electron chi connectivity index (χ0n) is 13.9. The fraction of sp³-hybridized carbons (Fsp3) is 0.421. The molecule has 5 nitrogen and oxygen atoms in total. The van der Waals surface area contributed by atoms with Crippen molar-refractivity contribution in [1.29, 1.82) is 0 Å². The van der Waals surface area contributed by atoms with Crippen molar-refractivity contribution < 1.29 is 14.4 Å². The summed E-state index contributed by atoms with van der Waals surface area (Å²) < 4.78 is 0. The van der Waals surface area contributed by atoms with Crippen LogP contribution in [-0.2, 0) is 19.8 Å². The van der Waals surface area contributed by atoms with Gasteiger partial charge in [0.2, 0.25) is 11.8 Å². The van der Waals surface area contributed by atoms with Gasteiger partial charge in [-0.2, -0.15) is 0 Å².